The Morgan fingerprint density at radius 1 is 1.43 bits per heavy atom. The fraction of sp³-hybridized carbons (Fsp3) is 0.111. The van der Waals surface area contributed by atoms with Crippen LogP contribution in [0.1, 0.15) is 0 Å². The number of H-pyrrole nitrogens is 1. The van der Waals surface area contributed by atoms with Crippen molar-refractivity contribution in [3.8, 4) is 11.4 Å². The summed E-state index contributed by atoms with van der Waals surface area (Å²) in [5.74, 6) is 0.489. The van der Waals surface area contributed by atoms with Crippen LogP contribution in [0.2, 0.25) is 5.02 Å². The molecule has 0 amide bonds. The van der Waals surface area contributed by atoms with Gasteiger partial charge in [-0.25, -0.2) is 9.48 Å². The Labute approximate surface area is 85.1 Å². The predicted molar refractivity (Wildman–Crippen MR) is 54.3 cm³/mol. The minimum atomic E-state index is -0.250. The molecule has 5 heteroatoms. The molecule has 0 unspecified atom stereocenters. The van der Waals surface area contributed by atoms with E-state index >= 15 is 0 Å². The van der Waals surface area contributed by atoms with E-state index in [1.165, 1.54) is 4.68 Å². The molecule has 0 saturated carbocycles. The molecule has 2 rings (SSSR count). The van der Waals surface area contributed by atoms with Crippen molar-refractivity contribution in [2.45, 2.75) is 0 Å². The standard InChI is InChI=1S/C9H8ClN3O/c1-13-9(14)11-8(12-13)6-4-2-3-5-7(6)10/h2-5H,1H3,(H,11,12,14). The van der Waals surface area contributed by atoms with E-state index in [0.29, 0.717) is 10.8 Å². The monoisotopic (exact) mass is 209 g/mol. The average Bonchev–Trinajstić information content (AvgIpc) is 2.48. The second kappa shape index (κ2) is 3.31. The van der Waals surface area contributed by atoms with Gasteiger partial charge in [0.25, 0.3) is 0 Å². The molecule has 0 fully saturated rings. The van der Waals surface area contributed by atoms with Gasteiger partial charge in [-0.2, -0.15) is 5.10 Å². The Kier molecular flexibility index (Phi) is 2.13. The first-order valence-electron chi connectivity index (χ1n) is 4.06. The molecule has 1 heterocycles. The largest absolute Gasteiger partial charge is 0.343 e. The van der Waals surface area contributed by atoms with Crippen molar-refractivity contribution < 1.29 is 0 Å². The number of halogens is 1. The van der Waals surface area contributed by atoms with E-state index in [0.717, 1.165) is 5.56 Å². The zero-order valence-corrected chi connectivity index (χ0v) is 8.25. The van der Waals surface area contributed by atoms with Crippen LogP contribution < -0.4 is 5.69 Å². The first kappa shape index (κ1) is 9.02. The van der Waals surface area contributed by atoms with Crippen molar-refractivity contribution >= 4 is 11.6 Å². The SMILES string of the molecule is Cn1nc(-c2ccccc2Cl)[nH]c1=O. The predicted octanol–water partition coefficient (Wildman–Crippen LogP) is 1.43. The molecule has 1 aromatic heterocycles. The number of aromatic amines is 1. The van der Waals surface area contributed by atoms with Crippen LogP contribution in [0.3, 0.4) is 0 Å². The van der Waals surface area contributed by atoms with Crippen LogP contribution in [-0.4, -0.2) is 14.8 Å². The highest BCUT2D eigenvalue weighted by Crippen LogP contribution is 2.23. The van der Waals surface area contributed by atoms with Crippen LogP contribution in [0, 0.1) is 0 Å². The van der Waals surface area contributed by atoms with Gasteiger partial charge in [0.05, 0.1) is 5.02 Å². The molecule has 0 spiro atoms. The molecular weight excluding hydrogens is 202 g/mol. The molecule has 4 nitrogen and oxygen atoms in total. The molecular formula is C9H8ClN3O. The van der Waals surface area contributed by atoms with E-state index in [-0.39, 0.29) is 5.69 Å². The van der Waals surface area contributed by atoms with Gasteiger partial charge >= 0.3 is 5.69 Å². The van der Waals surface area contributed by atoms with E-state index in [1.807, 2.05) is 12.1 Å². The Balaban J connectivity index is 2.60. The summed E-state index contributed by atoms with van der Waals surface area (Å²) >= 11 is 5.95. The van der Waals surface area contributed by atoms with Gasteiger partial charge in [-0.05, 0) is 12.1 Å². The lowest BCUT2D eigenvalue weighted by Gasteiger charge is -1.97. The minimum absolute atomic E-state index is 0.250. The Morgan fingerprint density at radius 2 is 2.14 bits per heavy atom. The highest BCUT2D eigenvalue weighted by atomic mass is 35.5. The molecule has 1 N–H and O–H groups in total. The summed E-state index contributed by atoms with van der Waals surface area (Å²) in [5.41, 5.74) is 0.479. The molecule has 2 aromatic rings. The molecule has 0 bridgehead atoms. The van der Waals surface area contributed by atoms with Crippen molar-refractivity contribution in [2.24, 2.45) is 7.05 Å². The van der Waals surface area contributed by atoms with Gasteiger partial charge in [0.2, 0.25) is 0 Å². The smallest absolute Gasteiger partial charge is 0.289 e. The number of hydrogen-bond acceptors (Lipinski definition) is 2. The van der Waals surface area contributed by atoms with Gasteiger partial charge in [-0.1, -0.05) is 23.7 Å². The van der Waals surface area contributed by atoms with Crippen LogP contribution in [0.25, 0.3) is 11.4 Å². The third-order valence-electron chi connectivity index (χ3n) is 1.90. The van der Waals surface area contributed by atoms with Gasteiger partial charge < -0.3 is 0 Å². The zero-order valence-electron chi connectivity index (χ0n) is 7.49. The first-order chi connectivity index (χ1) is 6.68. The van der Waals surface area contributed by atoms with Crippen LogP contribution in [0.4, 0.5) is 0 Å². The molecule has 0 aliphatic heterocycles. The van der Waals surface area contributed by atoms with E-state index in [2.05, 4.69) is 10.1 Å². The normalized spacial score (nSPS) is 10.4. The second-order valence-corrected chi connectivity index (χ2v) is 3.29. The van der Waals surface area contributed by atoms with E-state index in [1.54, 1.807) is 19.2 Å². The van der Waals surface area contributed by atoms with Crippen molar-refractivity contribution in [1.29, 1.82) is 0 Å². The summed E-state index contributed by atoms with van der Waals surface area (Å²) in [6.45, 7) is 0. The zero-order chi connectivity index (χ0) is 10.1. The second-order valence-electron chi connectivity index (χ2n) is 2.88. The Morgan fingerprint density at radius 3 is 2.71 bits per heavy atom. The van der Waals surface area contributed by atoms with Crippen LogP contribution in [0.15, 0.2) is 29.1 Å². The number of nitrogens with zero attached hydrogens (tertiary/aromatic N) is 2. The average molecular weight is 210 g/mol. The lowest BCUT2D eigenvalue weighted by molar-refractivity contribution is 0.736. The number of rotatable bonds is 1. The number of aryl methyl sites for hydroxylation is 1. The third-order valence-corrected chi connectivity index (χ3v) is 2.23. The molecule has 0 radical (unpaired) electrons. The maximum atomic E-state index is 11.1. The van der Waals surface area contributed by atoms with Crippen molar-refractivity contribution in [3.63, 3.8) is 0 Å². The molecule has 0 atom stereocenters. The highest BCUT2D eigenvalue weighted by molar-refractivity contribution is 6.33. The van der Waals surface area contributed by atoms with Crippen molar-refractivity contribution in [3.05, 3.63) is 39.8 Å². The summed E-state index contributed by atoms with van der Waals surface area (Å²) in [6.07, 6.45) is 0. The molecule has 14 heavy (non-hydrogen) atoms. The molecule has 0 aliphatic rings. The first-order valence-corrected chi connectivity index (χ1v) is 4.44. The van der Waals surface area contributed by atoms with Gasteiger partial charge in [-0.3, -0.25) is 4.98 Å². The quantitative estimate of drug-likeness (QED) is 0.773. The summed E-state index contributed by atoms with van der Waals surface area (Å²) in [6, 6.07) is 7.23. The topological polar surface area (TPSA) is 50.7 Å². The van der Waals surface area contributed by atoms with Crippen LogP contribution in [0.5, 0.6) is 0 Å². The molecule has 72 valence electrons. The lowest BCUT2D eigenvalue weighted by Crippen LogP contribution is -2.13. The van der Waals surface area contributed by atoms with Crippen molar-refractivity contribution in [2.75, 3.05) is 0 Å². The number of hydrogen-bond donors (Lipinski definition) is 1. The minimum Gasteiger partial charge on any atom is -0.289 e. The highest BCUT2D eigenvalue weighted by Gasteiger charge is 2.07. The number of aromatic nitrogens is 3. The Bertz CT molecular complexity index is 515. The maximum absolute atomic E-state index is 11.1. The van der Waals surface area contributed by atoms with Gasteiger partial charge in [0, 0.05) is 12.6 Å². The summed E-state index contributed by atoms with van der Waals surface area (Å²) < 4.78 is 1.23. The van der Waals surface area contributed by atoms with Crippen LogP contribution in [-0.2, 0) is 7.05 Å². The number of benzene rings is 1. The lowest BCUT2D eigenvalue weighted by atomic mass is 10.2. The number of nitrogens with one attached hydrogen (secondary N) is 1. The Hall–Kier alpha value is -1.55. The molecule has 1 aromatic carbocycles. The summed E-state index contributed by atoms with van der Waals surface area (Å²) in [5, 5.41) is 4.58. The molecule has 0 saturated heterocycles. The third kappa shape index (κ3) is 1.44. The fourth-order valence-electron chi connectivity index (χ4n) is 1.18. The van der Waals surface area contributed by atoms with E-state index in [9.17, 15) is 4.79 Å². The van der Waals surface area contributed by atoms with Gasteiger partial charge in [-0.15, -0.1) is 0 Å². The van der Waals surface area contributed by atoms with Crippen molar-refractivity contribution in [1.82, 2.24) is 14.8 Å². The summed E-state index contributed by atoms with van der Waals surface area (Å²) in [7, 11) is 1.58. The van der Waals surface area contributed by atoms with E-state index in [4.69, 9.17) is 11.6 Å². The van der Waals surface area contributed by atoms with Gasteiger partial charge in [0.1, 0.15) is 0 Å². The van der Waals surface area contributed by atoms with E-state index < -0.39 is 0 Å². The fourth-order valence-corrected chi connectivity index (χ4v) is 1.40. The van der Waals surface area contributed by atoms with Gasteiger partial charge in [0.15, 0.2) is 5.82 Å². The molecule has 0 aliphatic carbocycles. The van der Waals surface area contributed by atoms with Crippen LogP contribution >= 0.6 is 11.6 Å². The summed E-state index contributed by atoms with van der Waals surface area (Å²) in [4.78, 5) is 13.7. The maximum Gasteiger partial charge on any atom is 0.343 e.